The largest absolute Gasteiger partial charge is 0.473 e. The molecule has 0 amide bonds. The molecule has 0 aliphatic heterocycles. The van der Waals surface area contributed by atoms with E-state index in [4.69, 9.17) is 10.5 Å². The Kier molecular flexibility index (Phi) is 2.89. The van der Waals surface area contributed by atoms with E-state index in [9.17, 15) is 0 Å². The molecule has 6 nitrogen and oxygen atoms in total. The highest BCUT2D eigenvalue weighted by atomic mass is 16.5. The quantitative estimate of drug-likeness (QED) is 0.841. The summed E-state index contributed by atoms with van der Waals surface area (Å²) in [6, 6.07) is 3.57. The van der Waals surface area contributed by atoms with Gasteiger partial charge in [-0.15, -0.1) is 15.3 Å². The van der Waals surface area contributed by atoms with Crippen LogP contribution in [0.3, 0.4) is 0 Å². The molecule has 16 heavy (non-hydrogen) atoms. The predicted octanol–water partition coefficient (Wildman–Crippen LogP) is 1.27. The highest BCUT2D eigenvalue weighted by Gasteiger charge is 2.08. The number of nitrogen functional groups attached to an aromatic ring is 1. The van der Waals surface area contributed by atoms with Crippen molar-refractivity contribution >= 4 is 11.6 Å². The van der Waals surface area contributed by atoms with Crippen molar-refractivity contribution in [3.05, 3.63) is 12.1 Å². The predicted molar refractivity (Wildman–Crippen MR) is 60.2 cm³/mol. The first kappa shape index (κ1) is 10.7. The highest BCUT2D eigenvalue weighted by Crippen LogP contribution is 2.13. The lowest BCUT2D eigenvalue weighted by Crippen LogP contribution is -2.15. The van der Waals surface area contributed by atoms with Crippen molar-refractivity contribution in [2.24, 2.45) is 0 Å². The minimum Gasteiger partial charge on any atom is -0.473 e. The van der Waals surface area contributed by atoms with Gasteiger partial charge < -0.3 is 10.5 Å². The lowest BCUT2D eigenvalue weighted by Gasteiger charge is -2.14. The Hall–Kier alpha value is -1.85. The highest BCUT2D eigenvalue weighted by molar-refractivity contribution is 5.42. The number of nitrogens with two attached hydrogens (primary N) is 1. The molecule has 0 saturated carbocycles. The third kappa shape index (κ3) is 1.91. The number of rotatable bonds is 4. The molecule has 2 aromatic heterocycles. The Balaban J connectivity index is 2.28. The van der Waals surface area contributed by atoms with Gasteiger partial charge in [0.15, 0.2) is 5.65 Å². The summed E-state index contributed by atoms with van der Waals surface area (Å²) in [4.78, 5) is 0. The molecule has 2 N–H and O–H groups in total. The molecule has 86 valence electrons. The van der Waals surface area contributed by atoms with Crippen molar-refractivity contribution in [1.29, 1.82) is 0 Å². The van der Waals surface area contributed by atoms with Gasteiger partial charge in [-0.25, -0.2) is 0 Å². The van der Waals surface area contributed by atoms with Crippen LogP contribution in [0.1, 0.15) is 26.7 Å². The zero-order valence-corrected chi connectivity index (χ0v) is 9.42. The lowest BCUT2D eigenvalue weighted by atomic mass is 10.2. The minimum atomic E-state index is 0.183. The van der Waals surface area contributed by atoms with Crippen LogP contribution >= 0.6 is 0 Å². The first-order valence-electron chi connectivity index (χ1n) is 5.39. The molecule has 0 aromatic carbocycles. The van der Waals surface area contributed by atoms with Gasteiger partial charge in [-0.3, -0.25) is 0 Å². The third-order valence-corrected chi connectivity index (χ3v) is 2.46. The van der Waals surface area contributed by atoms with Gasteiger partial charge in [0.05, 0.1) is 6.10 Å². The summed E-state index contributed by atoms with van der Waals surface area (Å²) in [6.45, 7) is 4.17. The molecular formula is C10H15N5O. The van der Waals surface area contributed by atoms with E-state index in [0.717, 1.165) is 12.8 Å². The van der Waals surface area contributed by atoms with Gasteiger partial charge in [0.2, 0.25) is 11.8 Å². The molecule has 0 atom stereocenters. The van der Waals surface area contributed by atoms with E-state index < -0.39 is 0 Å². The summed E-state index contributed by atoms with van der Waals surface area (Å²) in [5.41, 5.74) is 6.23. The second-order valence-electron chi connectivity index (χ2n) is 3.56. The van der Waals surface area contributed by atoms with Crippen LogP contribution in [0.25, 0.3) is 5.65 Å². The topological polar surface area (TPSA) is 78.3 Å². The second-order valence-corrected chi connectivity index (χ2v) is 3.56. The summed E-state index contributed by atoms with van der Waals surface area (Å²) in [6.07, 6.45) is 2.09. The molecule has 6 heteroatoms. The number of nitrogens with zero attached hydrogens (tertiary/aromatic N) is 4. The molecule has 0 aliphatic rings. The van der Waals surface area contributed by atoms with E-state index in [0.29, 0.717) is 11.5 Å². The fourth-order valence-electron chi connectivity index (χ4n) is 1.48. The van der Waals surface area contributed by atoms with Crippen LogP contribution in [-0.2, 0) is 0 Å². The minimum absolute atomic E-state index is 0.183. The van der Waals surface area contributed by atoms with Crippen molar-refractivity contribution in [2.75, 3.05) is 5.73 Å². The first-order valence-corrected chi connectivity index (χ1v) is 5.39. The van der Waals surface area contributed by atoms with E-state index in [1.165, 1.54) is 4.52 Å². The lowest BCUT2D eigenvalue weighted by molar-refractivity contribution is 0.182. The van der Waals surface area contributed by atoms with Gasteiger partial charge in [0.25, 0.3) is 0 Å². The van der Waals surface area contributed by atoms with Gasteiger partial charge in [-0.2, -0.15) is 4.52 Å². The van der Waals surface area contributed by atoms with Crippen molar-refractivity contribution in [2.45, 2.75) is 32.8 Å². The SMILES string of the molecule is CCC(CC)Oc1ccc2nnc(N)n2n1. The van der Waals surface area contributed by atoms with Crippen LogP contribution in [0.15, 0.2) is 12.1 Å². The van der Waals surface area contributed by atoms with Gasteiger partial charge in [-0.1, -0.05) is 13.8 Å². The summed E-state index contributed by atoms with van der Waals surface area (Å²) in [7, 11) is 0. The normalized spacial score (nSPS) is 11.2. The monoisotopic (exact) mass is 221 g/mol. The molecule has 0 unspecified atom stereocenters. The average molecular weight is 221 g/mol. The summed E-state index contributed by atoms with van der Waals surface area (Å²) < 4.78 is 7.17. The van der Waals surface area contributed by atoms with Crippen LogP contribution in [-0.4, -0.2) is 25.9 Å². The second kappa shape index (κ2) is 4.34. The number of fused-ring (bicyclic) bond motifs is 1. The zero-order valence-electron chi connectivity index (χ0n) is 9.42. The van der Waals surface area contributed by atoms with E-state index >= 15 is 0 Å². The fraction of sp³-hybridized carbons (Fsp3) is 0.500. The van der Waals surface area contributed by atoms with E-state index in [2.05, 4.69) is 29.1 Å². The Labute approximate surface area is 93.4 Å². The maximum absolute atomic E-state index is 5.70. The third-order valence-electron chi connectivity index (χ3n) is 2.46. The summed E-state index contributed by atoms with van der Waals surface area (Å²) in [5, 5.41) is 11.8. The maximum Gasteiger partial charge on any atom is 0.243 e. The number of hydrogen-bond acceptors (Lipinski definition) is 5. The molecule has 0 aliphatic carbocycles. The molecule has 0 saturated heterocycles. The standard InChI is InChI=1S/C10H15N5O/c1-3-7(4-2)16-9-6-5-8-12-13-10(11)15(8)14-9/h5-7H,3-4H2,1-2H3,(H2,11,13). The molecule has 0 bridgehead atoms. The Bertz CT molecular complexity index is 477. The summed E-state index contributed by atoms with van der Waals surface area (Å²) in [5.74, 6) is 0.817. The van der Waals surface area contributed by atoms with Crippen LogP contribution in [0.4, 0.5) is 5.95 Å². The van der Waals surface area contributed by atoms with Crippen LogP contribution in [0.5, 0.6) is 5.88 Å². The van der Waals surface area contributed by atoms with E-state index in [-0.39, 0.29) is 12.1 Å². The zero-order chi connectivity index (χ0) is 11.5. The smallest absolute Gasteiger partial charge is 0.243 e. The molecule has 0 radical (unpaired) electrons. The van der Waals surface area contributed by atoms with Gasteiger partial charge >= 0.3 is 0 Å². The van der Waals surface area contributed by atoms with Gasteiger partial charge in [0.1, 0.15) is 0 Å². The summed E-state index contributed by atoms with van der Waals surface area (Å²) >= 11 is 0. The molecule has 2 rings (SSSR count). The molecule has 0 spiro atoms. The van der Waals surface area contributed by atoms with Crippen molar-refractivity contribution in [3.8, 4) is 5.88 Å². The van der Waals surface area contributed by atoms with E-state index in [1.54, 1.807) is 12.1 Å². The Morgan fingerprint density at radius 3 is 2.75 bits per heavy atom. The van der Waals surface area contributed by atoms with Gasteiger partial charge in [0, 0.05) is 6.07 Å². The molecular weight excluding hydrogens is 206 g/mol. The molecule has 2 heterocycles. The first-order chi connectivity index (χ1) is 7.74. The number of aromatic nitrogens is 4. The number of hydrogen-bond donors (Lipinski definition) is 1. The van der Waals surface area contributed by atoms with Crippen LogP contribution in [0.2, 0.25) is 0 Å². The molecule has 2 aromatic rings. The van der Waals surface area contributed by atoms with E-state index in [1.807, 2.05) is 0 Å². The van der Waals surface area contributed by atoms with Crippen molar-refractivity contribution < 1.29 is 4.74 Å². The Morgan fingerprint density at radius 1 is 1.31 bits per heavy atom. The maximum atomic E-state index is 5.70. The van der Waals surface area contributed by atoms with Crippen LogP contribution in [0, 0.1) is 0 Å². The number of anilines is 1. The Morgan fingerprint density at radius 2 is 2.06 bits per heavy atom. The fourth-order valence-corrected chi connectivity index (χ4v) is 1.48. The van der Waals surface area contributed by atoms with Crippen molar-refractivity contribution in [3.63, 3.8) is 0 Å². The van der Waals surface area contributed by atoms with Gasteiger partial charge in [-0.05, 0) is 18.9 Å². The molecule has 0 fully saturated rings. The number of ether oxygens (including phenoxy) is 1. The van der Waals surface area contributed by atoms with Crippen molar-refractivity contribution in [1.82, 2.24) is 19.8 Å². The van der Waals surface area contributed by atoms with Crippen LogP contribution < -0.4 is 10.5 Å². The average Bonchev–Trinajstić information content (AvgIpc) is 2.68.